The van der Waals surface area contributed by atoms with Gasteiger partial charge >= 0.3 is 0 Å². The van der Waals surface area contributed by atoms with Crippen molar-refractivity contribution in [2.24, 2.45) is 23.7 Å². The zero-order chi connectivity index (χ0) is 19.1. The quantitative estimate of drug-likeness (QED) is 0.344. The lowest BCUT2D eigenvalue weighted by Gasteiger charge is -2.37. The topological polar surface area (TPSA) is 18.5 Å². The highest BCUT2D eigenvalue weighted by molar-refractivity contribution is 5.29. The lowest BCUT2D eigenvalue weighted by atomic mass is 9.69. The van der Waals surface area contributed by atoms with Crippen LogP contribution in [-0.4, -0.2) is 13.7 Å². The molecule has 2 aliphatic rings. The minimum absolute atomic E-state index is 0.277. The predicted octanol–water partition coefficient (Wildman–Crippen LogP) is 6.85. The summed E-state index contributed by atoms with van der Waals surface area (Å²) < 4.78 is 37.5. The molecule has 2 nitrogen and oxygen atoms in total. The normalized spacial score (nSPS) is 30.3. The average molecular weight is 369 g/mol. The number of ether oxygens (including phenoxy) is 2. The van der Waals surface area contributed by atoms with Crippen molar-refractivity contribution in [2.75, 3.05) is 13.7 Å². The Morgan fingerprint density at radius 1 is 0.808 bits per heavy atom. The average Bonchev–Trinajstić information content (AvgIpc) is 2.70. The van der Waals surface area contributed by atoms with Crippen molar-refractivity contribution in [1.82, 2.24) is 0 Å². The first-order chi connectivity index (χ1) is 12.5. The van der Waals surface area contributed by atoms with E-state index in [1.54, 1.807) is 0 Å². The largest absolute Gasteiger partial charge is 0.494 e. The van der Waals surface area contributed by atoms with Crippen LogP contribution in [0.25, 0.3) is 0 Å². The van der Waals surface area contributed by atoms with Crippen LogP contribution in [-0.2, 0) is 9.47 Å². The van der Waals surface area contributed by atoms with Gasteiger partial charge in [0.25, 0.3) is 0 Å². The van der Waals surface area contributed by atoms with Gasteiger partial charge in [-0.15, -0.1) is 0 Å². The van der Waals surface area contributed by atoms with Crippen molar-refractivity contribution in [1.29, 1.82) is 0 Å². The molecule has 4 heteroatoms. The van der Waals surface area contributed by atoms with Gasteiger partial charge in [0, 0.05) is 0 Å². The fourth-order valence-electron chi connectivity index (χ4n) is 4.51. The van der Waals surface area contributed by atoms with E-state index in [9.17, 15) is 8.78 Å². The molecule has 0 saturated heterocycles. The molecule has 0 atom stereocenters. The van der Waals surface area contributed by atoms with Crippen LogP contribution >= 0.6 is 0 Å². The van der Waals surface area contributed by atoms with Gasteiger partial charge in [0.05, 0.1) is 13.7 Å². The third-order valence-corrected chi connectivity index (χ3v) is 6.45. The van der Waals surface area contributed by atoms with Crippen LogP contribution in [0.4, 0.5) is 8.78 Å². The Labute approximate surface area is 157 Å². The van der Waals surface area contributed by atoms with Crippen LogP contribution in [0.5, 0.6) is 0 Å². The molecule has 0 aromatic rings. The Balaban J connectivity index is 1.72. The van der Waals surface area contributed by atoms with E-state index in [0.29, 0.717) is 12.5 Å². The van der Waals surface area contributed by atoms with Crippen molar-refractivity contribution >= 4 is 0 Å². The van der Waals surface area contributed by atoms with Crippen LogP contribution < -0.4 is 0 Å². The summed E-state index contributed by atoms with van der Waals surface area (Å²) in [5.74, 6) is 0.167. The van der Waals surface area contributed by atoms with E-state index in [4.69, 9.17) is 4.74 Å². The molecule has 0 amide bonds. The number of methoxy groups -OCH3 is 1. The Bertz CT molecular complexity index is 510. The second kappa shape index (κ2) is 10.1. The second-order valence-electron chi connectivity index (χ2n) is 7.96. The zero-order valence-corrected chi connectivity index (χ0v) is 16.4. The van der Waals surface area contributed by atoms with Crippen LogP contribution in [0, 0.1) is 23.7 Å². The van der Waals surface area contributed by atoms with Gasteiger partial charge in [0.15, 0.2) is 11.5 Å². The maximum atomic E-state index is 13.9. The fourth-order valence-corrected chi connectivity index (χ4v) is 4.51. The summed E-state index contributed by atoms with van der Waals surface area (Å²) in [6.45, 7) is 9.49. The molecule has 2 aliphatic carbocycles. The molecule has 0 aliphatic heterocycles. The second-order valence-corrected chi connectivity index (χ2v) is 7.96. The number of halogens is 2. The number of allylic oxidation sites excluding steroid dienone is 2. The van der Waals surface area contributed by atoms with Crippen molar-refractivity contribution < 1.29 is 18.3 Å². The summed E-state index contributed by atoms with van der Waals surface area (Å²) in [4.78, 5) is 0. The molecule has 148 valence electrons. The molecule has 0 aromatic heterocycles. The first kappa shape index (κ1) is 21.0. The highest BCUT2D eigenvalue weighted by Crippen LogP contribution is 2.42. The van der Waals surface area contributed by atoms with Gasteiger partial charge in [0.1, 0.15) is 0 Å². The third-order valence-electron chi connectivity index (χ3n) is 6.45. The molecule has 2 saturated carbocycles. The number of hydrogen-bond acceptors (Lipinski definition) is 2. The van der Waals surface area contributed by atoms with E-state index in [0.717, 1.165) is 30.6 Å². The van der Waals surface area contributed by atoms with Crippen LogP contribution in [0.15, 0.2) is 36.3 Å². The summed E-state index contributed by atoms with van der Waals surface area (Å²) >= 11 is 0. The van der Waals surface area contributed by atoms with Gasteiger partial charge in [-0.3, -0.25) is 0 Å². The fraction of sp³-hybridized carbons (Fsp3) is 0.727. The van der Waals surface area contributed by atoms with Gasteiger partial charge in [0.2, 0.25) is 11.7 Å². The molecule has 0 aromatic carbocycles. The summed E-state index contributed by atoms with van der Waals surface area (Å²) in [5.41, 5.74) is 0. The maximum absolute atomic E-state index is 13.9. The van der Waals surface area contributed by atoms with E-state index in [2.05, 4.69) is 24.8 Å². The first-order valence-electron chi connectivity index (χ1n) is 10.1. The Morgan fingerprint density at radius 3 is 1.73 bits per heavy atom. The van der Waals surface area contributed by atoms with E-state index >= 15 is 0 Å². The minimum Gasteiger partial charge on any atom is -0.494 e. The highest BCUT2D eigenvalue weighted by Gasteiger charge is 2.30. The molecular weight excluding hydrogens is 334 g/mol. The third kappa shape index (κ3) is 5.59. The molecule has 0 N–H and O–H groups in total. The SMILES string of the molecule is C=C(OC)/C(F)=C(/F)C(=C)OCC1CCC(C2CCC(CC)CC2)CC1. The van der Waals surface area contributed by atoms with Gasteiger partial charge in [-0.05, 0) is 62.2 Å². The van der Waals surface area contributed by atoms with E-state index in [1.807, 2.05) is 0 Å². The van der Waals surface area contributed by atoms with Crippen LogP contribution in [0.3, 0.4) is 0 Å². The van der Waals surface area contributed by atoms with Crippen molar-refractivity contribution in [2.45, 2.75) is 64.7 Å². The first-order valence-corrected chi connectivity index (χ1v) is 10.1. The monoisotopic (exact) mass is 368 g/mol. The Morgan fingerprint density at radius 2 is 1.27 bits per heavy atom. The van der Waals surface area contributed by atoms with Gasteiger partial charge < -0.3 is 9.47 Å². The standard InChI is InChI=1S/C22H34F2O2/c1-5-17-6-10-19(11-7-17)20-12-8-18(9-13-20)14-26-16(3)22(24)21(23)15(2)25-4/h17-20H,2-3,5-14H2,1,4H3/b22-21-. The van der Waals surface area contributed by atoms with E-state index in [1.165, 1.54) is 52.1 Å². The lowest BCUT2D eigenvalue weighted by Crippen LogP contribution is -2.27. The maximum Gasteiger partial charge on any atom is 0.203 e. The molecule has 2 fully saturated rings. The van der Waals surface area contributed by atoms with Crippen molar-refractivity contribution in [3.63, 3.8) is 0 Å². The van der Waals surface area contributed by atoms with Crippen LogP contribution in [0.2, 0.25) is 0 Å². The smallest absolute Gasteiger partial charge is 0.203 e. The highest BCUT2D eigenvalue weighted by atomic mass is 19.2. The Hall–Kier alpha value is -1.32. The Kier molecular flexibility index (Phi) is 8.17. The number of hydrogen-bond donors (Lipinski definition) is 0. The molecule has 0 heterocycles. The lowest BCUT2D eigenvalue weighted by molar-refractivity contribution is 0.0983. The molecular formula is C22H34F2O2. The minimum atomic E-state index is -1.15. The molecule has 0 unspecified atom stereocenters. The molecule has 26 heavy (non-hydrogen) atoms. The molecule has 0 spiro atoms. The molecule has 0 radical (unpaired) electrons. The van der Waals surface area contributed by atoms with Gasteiger partial charge in [-0.25, -0.2) is 0 Å². The van der Waals surface area contributed by atoms with Gasteiger partial charge in [-0.2, -0.15) is 8.78 Å². The molecule has 2 rings (SSSR count). The number of rotatable bonds is 8. The summed E-state index contributed by atoms with van der Waals surface area (Å²) in [6.07, 6.45) is 11.6. The summed E-state index contributed by atoms with van der Waals surface area (Å²) in [6, 6.07) is 0. The summed E-state index contributed by atoms with van der Waals surface area (Å²) in [5, 5.41) is 0. The van der Waals surface area contributed by atoms with Crippen LogP contribution in [0.1, 0.15) is 64.7 Å². The summed E-state index contributed by atoms with van der Waals surface area (Å²) in [7, 11) is 1.24. The van der Waals surface area contributed by atoms with Crippen molar-refractivity contribution in [3.8, 4) is 0 Å². The van der Waals surface area contributed by atoms with Crippen molar-refractivity contribution in [3.05, 3.63) is 36.3 Å². The van der Waals surface area contributed by atoms with E-state index < -0.39 is 11.7 Å². The molecule has 0 bridgehead atoms. The predicted molar refractivity (Wildman–Crippen MR) is 102 cm³/mol. The van der Waals surface area contributed by atoms with E-state index in [-0.39, 0.29) is 11.5 Å². The zero-order valence-electron chi connectivity index (χ0n) is 16.4. The van der Waals surface area contributed by atoms with Gasteiger partial charge in [-0.1, -0.05) is 39.3 Å².